The van der Waals surface area contributed by atoms with Gasteiger partial charge in [0.1, 0.15) is 0 Å². The first kappa shape index (κ1) is 16.1. The lowest BCUT2D eigenvalue weighted by Gasteiger charge is -2.08. The van der Waals surface area contributed by atoms with E-state index in [4.69, 9.17) is 0 Å². The number of amides is 1. The predicted octanol–water partition coefficient (Wildman–Crippen LogP) is 1.56. The topological polar surface area (TPSA) is 75.3 Å². The maximum atomic E-state index is 12.0. The Morgan fingerprint density at radius 1 is 1.37 bits per heavy atom. The molecule has 0 saturated heterocycles. The Morgan fingerprint density at radius 2 is 2.05 bits per heavy atom. The van der Waals surface area contributed by atoms with Crippen LogP contribution in [0.3, 0.4) is 0 Å². The van der Waals surface area contributed by atoms with Crippen LogP contribution >= 0.6 is 15.9 Å². The van der Waals surface area contributed by atoms with Crippen LogP contribution in [0, 0.1) is 6.92 Å². The largest absolute Gasteiger partial charge is 0.355 e. The van der Waals surface area contributed by atoms with E-state index in [-0.39, 0.29) is 17.3 Å². The van der Waals surface area contributed by atoms with E-state index in [0.717, 1.165) is 16.5 Å². The zero-order valence-corrected chi connectivity index (χ0v) is 13.3. The van der Waals surface area contributed by atoms with E-state index in [1.807, 2.05) is 6.92 Å². The number of halogens is 1. The summed E-state index contributed by atoms with van der Waals surface area (Å²) in [6, 6.07) is 4.71. The molecule has 1 aromatic rings. The van der Waals surface area contributed by atoms with Gasteiger partial charge in [-0.3, -0.25) is 4.79 Å². The zero-order chi connectivity index (χ0) is 14.5. The van der Waals surface area contributed by atoms with Gasteiger partial charge in [-0.05, 0) is 37.1 Å². The molecular formula is C12H17BrN2O3S. The van der Waals surface area contributed by atoms with Crippen molar-refractivity contribution in [1.29, 1.82) is 0 Å². The van der Waals surface area contributed by atoms with Crippen LogP contribution in [0.25, 0.3) is 0 Å². The first-order valence-corrected chi connectivity index (χ1v) is 8.17. The number of hydrogen-bond donors (Lipinski definition) is 2. The lowest BCUT2D eigenvalue weighted by molar-refractivity contribution is -0.119. The van der Waals surface area contributed by atoms with Crippen molar-refractivity contribution in [2.75, 3.05) is 13.1 Å². The second-order valence-electron chi connectivity index (χ2n) is 4.09. The first-order valence-electron chi connectivity index (χ1n) is 5.89. The predicted molar refractivity (Wildman–Crippen MR) is 77.4 cm³/mol. The Kier molecular flexibility index (Phi) is 5.96. The molecule has 1 rings (SSSR count). The van der Waals surface area contributed by atoms with Crippen LogP contribution in [0.5, 0.6) is 0 Å². The van der Waals surface area contributed by atoms with Crippen molar-refractivity contribution < 1.29 is 13.2 Å². The minimum absolute atomic E-state index is 0.150. The molecular weight excluding hydrogens is 332 g/mol. The second-order valence-corrected chi connectivity index (χ2v) is 6.71. The molecule has 0 aliphatic rings. The molecule has 0 radical (unpaired) electrons. The number of hydrogen-bond acceptors (Lipinski definition) is 3. The zero-order valence-electron chi connectivity index (χ0n) is 10.9. The van der Waals surface area contributed by atoms with Crippen LogP contribution in [0.15, 0.2) is 27.6 Å². The van der Waals surface area contributed by atoms with Crippen molar-refractivity contribution in [2.24, 2.45) is 0 Å². The van der Waals surface area contributed by atoms with Crippen LogP contribution in [0.1, 0.15) is 18.9 Å². The third kappa shape index (κ3) is 4.93. The highest BCUT2D eigenvalue weighted by molar-refractivity contribution is 9.10. The van der Waals surface area contributed by atoms with Crippen LogP contribution in [-0.2, 0) is 14.8 Å². The van der Waals surface area contributed by atoms with Gasteiger partial charge in [-0.25, -0.2) is 13.1 Å². The van der Waals surface area contributed by atoms with Crippen molar-refractivity contribution in [3.05, 3.63) is 28.2 Å². The van der Waals surface area contributed by atoms with Crippen molar-refractivity contribution in [3.63, 3.8) is 0 Å². The van der Waals surface area contributed by atoms with Gasteiger partial charge in [-0.15, -0.1) is 0 Å². The summed E-state index contributed by atoms with van der Waals surface area (Å²) in [6.45, 7) is 4.02. The Hall–Kier alpha value is -0.920. The Balaban J connectivity index is 2.70. The number of sulfonamides is 1. The summed E-state index contributed by atoms with van der Waals surface area (Å²) in [5, 5.41) is 2.60. The fourth-order valence-corrected chi connectivity index (χ4v) is 2.67. The third-order valence-electron chi connectivity index (χ3n) is 2.43. The molecule has 0 fully saturated rings. The number of carbonyl (C=O) groups excluding carboxylic acids is 1. The van der Waals surface area contributed by atoms with E-state index in [9.17, 15) is 13.2 Å². The Bertz CT molecular complexity index is 558. The van der Waals surface area contributed by atoms with E-state index in [1.54, 1.807) is 19.1 Å². The maximum Gasteiger partial charge on any atom is 0.241 e. The number of nitrogens with one attached hydrogen (secondary N) is 2. The molecule has 2 N–H and O–H groups in total. The summed E-state index contributed by atoms with van der Waals surface area (Å²) >= 11 is 3.31. The van der Waals surface area contributed by atoms with Crippen molar-refractivity contribution in [2.45, 2.75) is 25.2 Å². The molecule has 5 nitrogen and oxygen atoms in total. The van der Waals surface area contributed by atoms with Crippen LogP contribution in [-0.4, -0.2) is 27.4 Å². The quantitative estimate of drug-likeness (QED) is 0.819. The number of carbonyl (C=O) groups is 1. The molecule has 0 spiro atoms. The molecule has 19 heavy (non-hydrogen) atoms. The highest BCUT2D eigenvalue weighted by atomic mass is 79.9. The molecule has 0 atom stereocenters. The van der Waals surface area contributed by atoms with Crippen LogP contribution in [0.4, 0.5) is 0 Å². The van der Waals surface area contributed by atoms with Gasteiger partial charge in [0.15, 0.2) is 0 Å². The van der Waals surface area contributed by atoms with Crippen LogP contribution in [0.2, 0.25) is 0 Å². The van der Waals surface area contributed by atoms with Crippen molar-refractivity contribution in [3.8, 4) is 0 Å². The van der Waals surface area contributed by atoms with E-state index in [1.165, 1.54) is 6.07 Å². The van der Waals surface area contributed by atoms with E-state index in [2.05, 4.69) is 26.0 Å². The second kappa shape index (κ2) is 7.02. The third-order valence-corrected chi connectivity index (χ3v) is 4.72. The fourth-order valence-electron chi connectivity index (χ4n) is 1.36. The van der Waals surface area contributed by atoms with Gasteiger partial charge in [-0.1, -0.05) is 22.9 Å². The minimum atomic E-state index is -3.65. The summed E-state index contributed by atoms with van der Waals surface area (Å²) in [7, 11) is -3.65. The van der Waals surface area contributed by atoms with E-state index in [0.29, 0.717) is 6.54 Å². The molecule has 1 amide bonds. The van der Waals surface area contributed by atoms with Crippen molar-refractivity contribution in [1.82, 2.24) is 10.0 Å². The number of aryl methyl sites for hydroxylation is 1. The summed E-state index contributed by atoms with van der Waals surface area (Å²) < 4.78 is 27.1. The molecule has 0 unspecified atom stereocenters. The van der Waals surface area contributed by atoms with Gasteiger partial charge in [0.05, 0.1) is 11.4 Å². The Labute approximate surface area is 122 Å². The first-order chi connectivity index (χ1) is 8.86. The highest BCUT2D eigenvalue weighted by Crippen LogP contribution is 2.19. The average Bonchev–Trinajstić information content (AvgIpc) is 2.37. The highest BCUT2D eigenvalue weighted by Gasteiger charge is 2.15. The molecule has 106 valence electrons. The summed E-state index contributed by atoms with van der Waals surface area (Å²) in [4.78, 5) is 11.5. The van der Waals surface area contributed by atoms with Gasteiger partial charge < -0.3 is 5.32 Å². The SMILES string of the molecule is CCCNC(=O)CNS(=O)(=O)c1ccc(Br)c(C)c1. The van der Waals surface area contributed by atoms with Gasteiger partial charge in [-0.2, -0.15) is 0 Å². The Morgan fingerprint density at radius 3 is 2.63 bits per heavy atom. The minimum Gasteiger partial charge on any atom is -0.355 e. The maximum absolute atomic E-state index is 12.0. The lowest BCUT2D eigenvalue weighted by Crippen LogP contribution is -2.37. The molecule has 0 saturated carbocycles. The van der Waals surface area contributed by atoms with E-state index < -0.39 is 10.0 Å². The molecule has 0 aromatic heterocycles. The monoisotopic (exact) mass is 348 g/mol. The van der Waals surface area contributed by atoms with Gasteiger partial charge in [0.25, 0.3) is 0 Å². The number of benzene rings is 1. The smallest absolute Gasteiger partial charge is 0.241 e. The van der Waals surface area contributed by atoms with Crippen molar-refractivity contribution >= 4 is 31.9 Å². The van der Waals surface area contributed by atoms with Gasteiger partial charge in [0, 0.05) is 11.0 Å². The van der Waals surface area contributed by atoms with Gasteiger partial charge in [0.2, 0.25) is 15.9 Å². The fraction of sp³-hybridized carbons (Fsp3) is 0.417. The molecule has 7 heteroatoms. The average molecular weight is 349 g/mol. The standard InChI is InChI=1S/C12H17BrN2O3S/c1-3-6-14-12(16)8-15-19(17,18)10-4-5-11(13)9(2)7-10/h4-5,7,15H,3,6,8H2,1-2H3,(H,14,16). The molecule has 0 bridgehead atoms. The normalized spacial score (nSPS) is 11.3. The molecule has 0 aliphatic heterocycles. The summed E-state index contributed by atoms with van der Waals surface area (Å²) in [6.07, 6.45) is 0.810. The molecule has 0 heterocycles. The number of rotatable bonds is 6. The van der Waals surface area contributed by atoms with Gasteiger partial charge >= 0.3 is 0 Å². The van der Waals surface area contributed by atoms with E-state index >= 15 is 0 Å². The summed E-state index contributed by atoms with van der Waals surface area (Å²) in [5.41, 5.74) is 0.818. The summed E-state index contributed by atoms with van der Waals surface area (Å²) in [5.74, 6) is -0.334. The molecule has 0 aliphatic carbocycles. The van der Waals surface area contributed by atoms with Crippen LogP contribution < -0.4 is 10.0 Å². The lowest BCUT2D eigenvalue weighted by atomic mass is 10.2. The molecule has 1 aromatic carbocycles.